The Labute approximate surface area is 131 Å². The topological polar surface area (TPSA) is 66.5 Å². The molecule has 2 atom stereocenters. The third kappa shape index (κ3) is 3.56. The second kappa shape index (κ2) is 7.25. The Morgan fingerprint density at radius 3 is 2.41 bits per heavy atom. The Balaban J connectivity index is 1.75. The Hall–Kier alpha value is -2.10. The van der Waals surface area contributed by atoms with Crippen LogP contribution in [0.1, 0.15) is 17.4 Å². The first kappa shape index (κ1) is 14.8. The zero-order valence-corrected chi connectivity index (χ0v) is 13.3. The van der Waals surface area contributed by atoms with Crippen molar-refractivity contribution in [3.8, 4) is 11.1 Å². The molecule has 0 radical (unpaired) electrons. The highest BCUT2D eigenvalue weighted by atomic mass is 31.1. The maximum atomic E-state index is 4.02. The van der Waals surface area contributed by atoms with Gasteiger partial charge in [-0.1, -0.05) is 63.3 Å². The number of hydrogen-bond donors (Lipinski definition) is 2. The first-order valence-corrected chi connectivity index (χ1v) is 8.67. The van der Waals surface area contributed by atoms with E-state index in [0.29, 0.717) is 8.73 Å². The van der Waals surface area contributed by atoms with Crippen molar-refractivity contribution in [1.82, 2.24) is 25.7 Å². The molecule has 2 aromatic carbocycles. The highest BCUT2D eigenvalue weighted by Crippen LogP contribution is 2.22. The zero-order valence-electron chi connectivity index (χ0n) is 12.3. The first-order chi connectivity index (χ1) is 10.9. The van der Waals surface area contributed by atoms with Gasteiger partial charge in [-0.05, 0) is 40.2 Å². The summed E-state index contributed by atoms with van der Waals surface area (Å²) in [6, 6.07) is 19.2. The van der Waals surface area contributed by atoms with Crippen LogP contribution in [0, 0.1) is 0 Å². The van der Waals surface area contributed by atoms with Crippen molar-refractivity contribution < 1.29 is 0 Å². The van der Waals surface area contributed by atoms with Gasteiger partial charge in [-0.3, -0.25) is 5.09 Å². The summed E-state index contributed by atoms with van der Waals surface area (Å²) in [7, 11) is 0.637. The minimum atomic E-state index is 0.112. The molecule has 0 fully saturated rings. The molecule has 6 heteroatoms. The van der Waals surface area contributed by atoms with E-state index in [2.05, 4.69) is 80.9 Å². The van der Waals surface area contributed by atoms with E-state index in [0.717, 1.165) is 12.2 Å². The van der Waals surface area contributed by atoms with E-state index in [1.165, 1.54) is 16.7 Å². The predicted octanol–water partition coefficient (Wildman–Crippen LogP) is 2.96. The lowest BCUT2D eigenvalue weighted by Crippen LogP contribution is -2.17. The van der Waals surface area contributed by atoms with Crippen molar-refractivity contribution >= 4 is 8.73 Å². The molecule has 1 aromatic heterocycles. The summed E-state index contributed by atoms with van der Waals surface area (Å²) in [5, 5.41) is 17.6. The maximum absolute atomic E-state index is 4.02. The van der Waals surface area contributed by atoms with Gasteiger partial charge < -0.3 is 0 Å². The van der Waals surface area contributed by atoms with E-state index in [9.17, 15) is 0 Å². The number of nitrogens with one attached hydrogen (secondary N) is 2. The van der Waals surface area contributed by atoms with Crippen LogP contribution in [0.5, 0.6) is 0 Å². The molecule has 0 saturated carbocycles. The second-order valence-electron chi connectivity index (χ2n) is 5.00. The molecule has 3 rings (SSSR count). The van der Waals surface area contributed by atoms with Gasteiger partial charge in [0.2, 0.25) is 0 Å². The van der Waals surface area contributed by atoms with Crippen LogP contribution in [-0.2, 0) is 6.42 Å². The Morgan fingerprint density at radius 2 is 1.77 bits per heavy atom. The Kier molecular flexibility index (Phi) is 4.88. The highest BCUT2D eigenvalue weighted by Gasteiger charge is 2.14. The molecule has 1 unspecified atom stereocenters. The van der Waals surface area contributed by atoms with Gasteiger partial charge in [-0.15, -0.1) is 5.10 Å². The summed E-state index contributed by atoms with van der Waals surface area (Å²) < 4.78 is 0. The SMILES string of the molecule is CPN[C@@H](Cc1ccc(-c2ccccc2)cc1)c1nnn[nH]1. The summed E-state index contributed by atoms with van der Waals surface area (Å²) in [6.45, 7) is 2.11. The van der Waals surface area contributed by atoms with Crippen molar-refractivity contribution in [3.63, 3.8) is 0 Å². The lowest BCUT2D eigenvalue weighted by Gasteiger charge is -2.14. The highest BCUT2D eigenvalue weighted by molar-refractivity contribution is 7.34. The largest absolute Gasteiger partial charge is 0.288 e. The van der Waals surface area contributed by atoms with Crippen LogP contribution in [0.25, 0.3) is 11.1 Å². The smallest absolute Gasteiger partial charge is 0.166 e. The average Bonchev–Trinajstić information content (AvgIpc) is 3.10. The van der Waals surface area contributed by atoms with Crippen LogP contribution >= 0.6 is 8.73 Å². The minimum absolute atomic E-state index is 0.112. The Bertz CT molecular complexity index is 682. The molecule has 0 saturated heterocycles. The molecule has 5 nitrogen and oxygen atoms in total. The molecule has 0 aliphatic heterocycles. The molecule has 112 valence electrons. The van der Waals surface area contributed by atoms with Gasteiger partial charge in [0.05, 0.1) is 6.04 Å². The summed E-state index contributed by atoms with van der Waals surface area (Å²) in [4.78, 5) is 0. The van der Waals surface area contributed by atoms with Crippen molar-refractivity contribution in [2.75, 3.05) is 6.66 Å². The fraction of sp³-hybridized carbons (Fsp3) is 0.188. The van der Waals surface area contributed by atoms with Crippen LogP contribution in [0.15, 0.2) is 54.6 Å². The van der Waals surface area contributed by atoms with E-state index >= 15 is 0 Å². The lowest BCUT2D eigenvalue weighted by molar-refractivity contribution is 0.624. The molecule has 0 bridgehead atoms. The molecule has 0 aliphatic rings. The number of benzene rings is 2. The van der Waals surface area contributed by atoms with E-state index in [1.54, 1.807) is 0 Å². The van der Waals surface area contributed by atoms with Gasteiger partial charge in [0.25, 0.3) is 0 Å². The van der Waals surface area contributed by atoms with Gasteiger partial charge in [0, 0.05) is 0 Å². The fourth-order valence-electron chi connectivity index (χ4n) is 2.40. The van der Waals surface area contributed by atoms with Crippen LogP contribution in [0.4, 0.5) is 0 Å². The lowest BCUT2D eigenvalue weighted by atomic mass is 10.0. The van der Waals surface area contributed by atoms with Gasteiger partial charge >= 0.3 is 0 Å². The van der Waals surface area contributed by atoms with Crippen LogP contribution < -0.4 is 5.09 Å². The standard InChI is InChI=1S/C16H18N5P/c1-22-19-15(16-17-20-21-18-16)11-12-7-9-14(10-8-12)13-5-3-2-4-6-13/h2-10,15,19,22H,11H2,1H3,(H,17,18,20,21)/t15-/m0/s1. The van der Waals surface area contributed by atoms with Gasteiger partial charge in [0.15, 0.2) is 5.82 Å². The molecule has 22 heavy (non-hydrogen) atoms. The van der Waals surface area contributed by atoms with Crippen molar-refractivity contribution in [2.24, 2.45) is 0 Å². The molecular formula is C16H18N5P. The predicted molar refractivity (Wildman–Crippen MR) is 89.9 cm³/mol. The number of aromatic amines is 1. The van der Waals surface area contributed by atoms with Gasteiger partial charge in [-0.25, -0.2) is 5.10 Å². The molecule has 2 N–H and O–H groups in total. The van der Waals surface area contributed by atoms with Crippen LogP contribution in [0.3, 0.4) is 0 Å². The molecular weight excluding hydrogens is 293 g/mol. The average molecular weight is 311 g/mol. The number of H-pyrrole nitrogens is 1. The Morgan fingerprint density at radius 1 is 1.05 bits per heavy atom. The van der Waals surface area contributed by atoms with Crippen LogP contribution in [0.2, 0.25) is 0 Å². The number of hydrogen-bond acceptors (Lipinski definition) is 4. The first-order valence-electron chi connectivity index (χ1n) is 7.17. The van der Waals surface area contributed by atoms with Crippen molar-refractivity contribution in [1.29, 1.82) is 0 Å². The fourth-order valence-corrected chi connectivity index (χ4v) is 2.99. The summed E-state index contributed by atoms with van der Waals surface area (Å²) in [5.41, 5.74) is 3.72. The monoisotopic (exact) mass is 311 g/mol. The normalized spacial score (nSPS) is 12.8. The molecule has 0 spiro atoms. The van der Waals surface area contributed by atoms with Crippen LogP contribution in [-0.4, -0.2) is 27.3 Å². The number of tetrazole rings is 1. The van der Waals surface area contributed by atoms with Gasteiger partial charge in [-0.2, -0.15) is 0 Å². The summed E-state index contributed by atoms with van der Waals surface area (Å²) in [5.74, 6) is 0.779. The van der Waals surface area contributed by atoms with E-state index in [4.69, 9.17) is 0 Å². The number of rotatable bonds is 6. The minimum Gasteiger partial charge on any atom is -0.288 e. The number of aromatic nitrogens is 4. The maximum Gasteiger partial charge on any atom is 0.166 e. The molecule has 0 aliphatic carbocycles. The molecule has 3 aromatic rings. The second-order valence-corrected chi connectivity index (χ2v) is 5.79. The third-order valence-corrected chi connectivity index (χ3v) is 4.15. The van der Waals surface area contributed by atoms with Gasteiger partial charge in [0.1, 0.15) is 0 Å². The quantitative estimate of drug-likeness (QED) is 0.687. The van der Waals surface area contributed by atoms with Crippen molar-refractivity contribution in [2.45, 2.75) is 12.5 Å². The van der Waals surface area contributed by atoms with E-state index in [1.807, 2.05) is 6.07 Å². The molecule has 0 amide bonds. The summed E-state index contributed by atoms with van der Waals surface area (Å²) >= 11 is 0. The third-order valence-electron chi connectivity index (χ3n) is 3.51. The zero-order chi connectivity index (χ0) is 15.2. The summed E-state index contributed by atoms with van der Waals surface area (Å²) in [6.07, 6.45) is 0.854. The van der Waals surface area contributed by atoms with E-state index in [-0.39, 0.29) is 6.04 Å². The number of nitrogens with zero attached hydrogens (tertiary/aromatic N) is 3. The van der Waals surface area contributed by atoms with Crippen molar-refractivity contribution in [3.05, 3.63) is 66.0 Å². The van der Waals surface area contributed by atoms with E-state index < -0.39 is 0 Å². The molecule has 1 heterocycles.